The molecule has 11 atom stereocenters. The summed E-state index contributed by atoms with van der Waals surface area (Å²) in [5.41, 5.74) is -0.465. The van der Waals surface area contributed by atoms with Crippen molar-refractivity contribution in [3.05, 3.63) is 0 Å². The number of nitrogens with one attached hydrogen (secondary N) is 1. The van der Waals surface area contributed by atoms with E-state index in [4.69, 9.17) is 12.0 Å². The molecule has 1 amide bonds. The lowest BCUT2D eigenvalue weighted by Crippen LogP contribution is -2.62. The third-order valence-corrected chi connectivity index (χ3v) is 11.0. The molecule has 0 heterocycles. The summed E-state index contributed by atoms with van der Waals surface area (Å²) in [7, 11) is 0. The van der Waals surface area contributed by atoms with Crippen molar-refractivity contribution in [3.63, 3.8) is 0 Å². The Bertz CT molecular complexity index is 946. The van der Waals surface area contributed by atoms with E-state index in [1.165, 1.54) is 0 Å². The highest BCUT2D eigenvalue weighted by atomic mass is 16.4. The molecule has 0 aromatic rings. The largest absolute Gasteiger partial charge is 0.480 e. The van der Waals surface area contributed by atoms with Crippen molar-refractivity contribution in [2.45, 2.75) is 104 Å². The summed E-state index contributed by atoms with van der Waals surface area (Å²) in [5, 5.41) is 33.8. The monoisotopic (exact) mass is 482 g/mol. The number of hydrogen-bond acceptors (Lipinski definition) is 4. The summed E-state index contributed by atoms with van der Waals surface area (Å²) in [5.74, 6) is -2.26. The Morgan fingerprint density at radius 2 is 1.79 bits per heavy atom. The molecular weight excluding hydrogens is 430 g/mol. The quantitative estimate of drug-likeness (QED) is 0.434. The molecule has 1 unspecified atom stereocenters. The number of aliphatic hydroxyl groups is 2. The SMILES string of the molecule is [2H]C([2H])([2H])C([2H])([2H])[C@H]1[C@@H](O)C2[C@@H]3CC[C@H]([C@H](C)CCC(=O)NCC(=O)O)[C@@]3(C)CC[C@@H]2[C@@]2(C)CC[C@@H](O)C[C@@H]12. The van der Waals surface area contributed by atoms with Gasteiger partial charge in [0.15, 0.2) is 0 Å². The molecule has 6 heteroatoms. The van der Waals surface area contributed by atoms with E-state index >= 15 is 0 Å². The zero-order valence-electron chi connectivity index (χ0n) is 25.9. The zero-order chi connectivity index (χ0) is 29.1. The van der Waals surface area contributed by atoms with E-state index in [9.17, 15) is 19.8 Å². The summed E-state index contributed by atoms with van der Waals surface area (Å²) >= 11 is 0. The molecular formula is C28H47NO5. The maximum absolute atomic E-state index is 12.2. The highest BCUT2D eigenvalue weighted by Crippen LogP contribution is 2.69. The van der Waals surface area contributed by atoms with Gasteiger partial charge in [-0.1, -0.05) is 34.0 Å². The van der Waals surface area contributed by atoms with Crippen molar-refractivity contribution in [2.75, 3.05) is 6.54 Å². The minimum atomic E-state index is -2.89. The van der Waals surface area contributed by atoms with Gasteiger partial charge in [0.1, 0.15) is 6.54 Å². The van der Waals surface area contributed by atoms with Crippen molar-refractivity contribution >= 4 is 11.9 Å². The standard InChI is InChI=1S/C28H47NO5/c1-5-18-22-14-17(30)10-12-28(22,4)21-11-13-27(3)19(7-8-20(27)25(21)26(18)34)16(2)6-9-23(31)29-15-24(32)33/h16-22,25-26,30,34H,5-15H2,1-4H3,(H,29,31)(H,32,33)/t16-,17-,18-,19-,20+,21+,22+,25?,26-,27-,28-/m1/s1/i1D3,5D2. The van der Waals surface area contributed by atoms with E-state index in [1.807, 2.05) is 0 Å². The molecule has 4 aliphatic rings. The molecule has 4 rings (SSSR count). The van der Waals surface area contributed by atoms with Crippen LogP contribution in [0.3, 0.4) is 0 Å². The van der Waals surface area contributed by atoms with Gasteiger partial charge in [-0.25, -0.2) is 0 Å². The first-order chi connectivity index (χ1) is 17.9. The van der Waals surface area contributed by atoms with E-state index < -0.39 is 43.2 Å². The fourth-order valence-corrected chi connectivity index (χ4v) is 9.26. The van der Waals surface area contributed by atoms with Crippen molar-refractivity contribution in [2.24, 2.45) is 52.3 Å². The molecule has 0 aromatic heterocycles. The van der Waals surface area contributed by atoms with Crippen molar-refractivity contribution in [1.29, 1.82) is 0 Å². The summed E-state index contributed by atoms with van der Waals surface area (Å²) in [6.07, 6.45) is 1.89. The Hall–Kier alpha value is -1.14. The fraction of sp³-hybridized carbons (Fsp3) is 0.929. The van der Waals surface area contributed by atoms with Crippen LogP contribution < -0.4 is 5.32 Å². The molecule has 0 saturated heterocycles. The minimum absolute atomic E-state index is 0.117. The molecule has 4 aliphatic carbocycles. The van der Waals surface area contributed by atoms with Gasteiger partial charge >= 0.3 is 5.97 Å². The van der Waals surface area contributed by atoms with Crippen molar-refractivity contribution in [1.82, 2.24) is 5.32 Å². The summed E-state index contributed by atoms with van der Waals surface area (Å²) in [6, 6.07) is 0. The van der Waals surface area contributed by atoms with Crippen LogP contribution in [0.25, 0.3) is 0 Å². The van der Waals surface area contributed by atoms with Gasteiger partial charge in [-0.3, -0.25) is 9.59 Å². The van der Waals surface area contributed by atoms with Crippen LogP contribution in [0.2, 0.25) is 0 Å². The Morgan fingerprint density at radius 3 is 2.50 bits per heavy atom. The van der Waals surface area contributed by atoms with Crippen molar-refractivity contribution in [3.8, 4) is 0 Å². The van der Waals surface area contributed by atoms with Crippen LogP contribution in [0.15, 0.2) is 0 Å². The summed E-state index contributed by atoms with van der Waals surface area (Å²) in [6.45, 7) is 3.29. The summed E-state index contributed by atoms with van der Waals surface area (Å²) < 4.78 is 41.7. The van der Waals surface area contributed by atoms with Crippen LogP contribution >= 0.6 is 0 Å². The lowest BCUT2D eigenvalue weighted by molar-refractivity contribution is -0.203. The number of carbonyl (C=O) groups excluding carboxylic acids is 1. The average Bonchev–Trinajstić information content (AvgIpc) is 3.18. The Morgan fingerprint density at radius 1 is 1.09 bits per heavy atom. The molecule has 4 N–H and O–H groups in total. The van der Waals surface area contributed by atoms with E-state index in [0.717, 1.165) is 25.7 Å². The third kappa shape index (κ3) is 4.31. The molecule has 0 radical (unpaired) electrons. The number of amides is 1. The second-order valence-corrected chi connectivity index (χ2v) is 12.4. The van der Waals surface area contributed by atoms with Gasteiger partial charge in [0, 0.05) is 13.3 Å². The number of aliphatic hydroxyl groups excluding tert-OH is 2. The highest BCUT2D eigenvalue weighted by Gasteiger charge is 2.64. The third-order valence-electron chi connectivity index (χ3n) is 11.0. The van der Waals surface area contributed by atoms with Gasteiger partial charge in [0.2, 0.25) is 5.91 Å². The second kappa shape index (κ2) is 9.72. The van der Waals surface area contributed by atoms with Crippen molar-refractivity contribution < 1.29 is 31.8 Å². The van der Waals surface area contributed by atoms with Gasteiger partial charge in [0.25, 0.3) is 0 Å². The fourth-order valence-electron chi connectivity index (χ4n) is 9.26. The maximum Gasteiger partial charge on any atom is 0.322 e. The smallest absolute Gasteiger partial charge is 0.322 e. The normalized spacial score (nSPS) is 49.6. The van der Waals surface area contributed by atoms with Crippen LogP contribution in [0.4, 0.5) is 0 Å². The predicted octanol–water partition coefficient (Wildman–Crippen LogP) is 4.23. The first-order valence-electron chi connectivity index (χ1n) is 15.8. The van der Waals surface area contributed by atoms with Crippen LogP contribution in [0.5, 0.6) is 0 Å². The predicted molar refractivity (Wildman–Crippen MR) is 131 cm³/mol. The molecule has 34 heavy (non-hydrogen) atoms. The summed E-state index contributed by atoms with van der Waals surface area (Å²) in [4.78, 5) is 22.9. The first-order valence-corrected chi connectivity index (χ1v) is 13.3. The Labute approximate surface area is 212 Å². The number of carbonyl (C=O) groups is 2. The van der Waals surface area contributed by atoms with Crippen LogP contribution in [0, 0.1) is 52.3 Å². The molecule has 194 valence electrons. The number of fused-ring (bicyclic) bond motifs is 5. The second-order valence-electron chi connectivity index (χ2n) is 12.4. The van der Waals surface area contributed by atoms with Gasteiger partial charge in [-0.15, -0.1) is 0 Å². The lowest BCUT2D eigenvalue weighted by atomic mass is 9.41. The number of carboxylic acids is 1. The van der Waals surface area contributed by atoms with E-state index in [0.29, 0.717) is 31.6 Å². The Kier molecular flexibility index (Phi) is 5.71. The molecule has 6 nitrogen and oxygen atoms in total. The molecule has 0 bridgehead atoms. The molecule has 0 aliphatic heterocycles. The topological polar surface area (TPSA) is 107 Å². The Balaban J connectivity index is 1.61. The molecule has 4 saturated carbocycles. The van der Waals surface area contributed by atoms with Crippen LogP contribution in [-0.4, -0.2) is 45.9 Å². The molecule has 0 spiro atoms. The van der Waals surface area contributed by atoms with E-state index in [1.54, 1.807) is 0 Å². The van der Waals surface area contributed by atoms with Gasteiger partial charge < -0.3 is 20.6 Å². The van der Waals surface area contributed by atoms with Gasteiger partial charge in [-0.05, 0) is 104 Å². The van der Waals surface area contributed by atoms with Gasteiger partial charge in [-0.2, -0.15) is 0 Å². The number of rotatable bonds is 7. The lowest BCUT2D eigenvalue weighted by Gasteiger charge is -2.64. The van der Waals surface area contributed by atoms with Gasteiger partial charge in [0.05, 0.1) is 12.2 Å². The highest BCUT2D eigenvalue weighted by molar-refractivity contribution is 5.81. The van der Waals surface area contributed by atoms with Crippen LogP contribution in [0.1, 0.15) is 98.6 Å². The molecule has 4 fully saturated rings. The van der Waals surface area contributed by atoms with E-state index in [-0.39, 0.29) is 53.4 Å². The molecule has 0 aromatic carbocycles. The number of hydrogen-bond donors (Lipinski definition) is 4. The maximum atomic E-state index is 12.2. The minimum Gasteiger partial charge on any atom is -0.480 e. The number of aliphatic carboxylic acids is 1. The average molecular weight is 483 g/mol. The number of carboxylic acid groups (broad SMARTS) is 1. The van der Waals surface area contributed by atoms with E-state index in [2.05, 4.69) is 26.1 Å². The van der Waals surface area contributed by atoms with Crippen LogP contribution in [-0.2, 0) is 9.59 Å². The zero-order valence-corrected chi connectivity index (χ0v) is 20.9. The first kappa shape index (κ1) is 20.0.